The first-order chi connectivity index (χ1) is 6.17. The third kappa shape index (κ3) is 4.31. The summed E-state index contributed by atoms with van der Waals surface area (Å²) >= 11 is 9.09. The molecule has 72 valence electrons. The van der Waals surface area contributed by atoms with Gasteiger partial charge >= 0.3 is 0 Å². The van der Waals surface area contributed by atoms with Crippen molar-refractivity contribution in [3.63, 3.8) is 0 Å². The largest absolute Gasteiger partial charge is 0.373 e. The molecule has 3 nitrogen and oxygen atoms in total. The van der Waals surface area contributed by atoms with Gasteiger partial charge in [0, 0.05) is 6.61 Å². The van der Waals surface area contributed by atoms with Gasteiger partial charge in [0.25, 0.3) is 0 Å². The Balaban J connectivity index is 4.15. The fourth-order valence-corrected chi connectivity index (χ4v) is 1.11. The van der Waals surface area contributed by atoms with E-state index >= 15 is 0 Å². The zero-order chi connectivity index (χ0) is 10.3. The average Bonchev–Trinajstić information content (AvgIpc) is 2.15. The van der Waals surface area contributed by atoms with Crippen LogP contribution in [-0.2, 0) is 14.3 Å². The molecule has 0 aliphatic carbocycles. The van der Waals surface area contributed by atoms with Crippen LogP contribution >= 0.6 is 24.4 Å². The third-order valence-corrected chi connectivity index (χ3v) is 1.89. The van der Waals surface area contributed by atoms with E-state index in [1.165, 1.54) is 10.7 Å². The summed E-state index contributed by atoms with van der Waals surface area (Å²) < 4.78 is 4.79. The number of carbonyl (C=O) groups excluding carboxylic acids is 2. The van der Waals surface area contributed by atoms with Crippen molar-refractivity contribution < 1.29 is 14.3 Å². The molecule has 0 radical (unpaired) electrons. The summed E-state index contributed by atoms with van der Waals surface area (Å²) in [7, 11) is 0. The highest BCUT2D eigenvalue weighted by Crippen LogP contribution is 1.94. The van der Waals surface area contributed by atoms with Gasteiger partial charge in [0.05, 0.1) is 5.92 Å². The Morgan fingerprint density at radius 1 is 1.38 bits per heavy atom. The molecule has 0 spiro atoms. The van der Waals surface area contributed by atoms with Gasteiger partial charge in [-0.25, -0.2) is 0 Å². The summed E-state index contributed by atoms with van der Waals surface area (Å²) in [6.45, 7) is 1.95. The predicted octanol–water partition coefficient (Wildman–Crippen LogP) is 0.777. The van der Waals surface area contributed by atoms with E-state index in [1.54, 1.807) is 6.92 Å². The van der Waals surface area contributed by atoms with Gasteiger partial charge in [0.1, 0.15) is 6.61 Å². The monoisotopic (exact) mass is 218 g/mol. The molecule has 0 aromatic rings. The van der Waals surface area contributed by atoms with Crippen molar-refractivity contribution in [2.75, 3.05) is 13.2 Å². The van der Waals surface area contributed by atoms with Crippen molar-refractivity contribution >= 4 is 46.7 Å². The smallest absolute Gasteiger partial charge is 0.224 e. The van der Waals surface area contributed by atoms with Crippen LogP contribution in [0.3, 0.4) is 0 Å². The normalized spacial score (nSPS) is 9.69. The molecule has 0 unspecified atom stereocenters. The number of carbonyl (C=O) groups is 2. The number of hydrogen-bond acceptors (Lipinski definition) is 5. The molecule has 0 N–H and O–H groups in total. The van der Waals surface area contributed by atoms with E-state index in [0.717, 1.165) is 0 Å². The predicted molar refractivity (Wildman–Crippen MR) is 57.3 cm³/mol. The number of hydrogen-bond donors (Lipinski definition) is 0. The van der Waals surface area contributed by atoms with Crippen LogP contribution in [0.4, 0.5) is 0 Å². The van der Waals surface area contributed by atoms with Gasteiger partial charge in [0.2, 0.25) is 11.6 Å². The number of Topliss-reactive ketones (excluding diaryl/α,β-unsaturated/α-hetero) is 2. The van der Waals surface area contributed by atoms with Gasteiger partial charge in [0.15, 0.2) is 0 Å². The highest BCUT2D eigenvalue weighted by Gasteiger charge is 2.20. The molecule has 0 bridgehead atoms. The van der Waals surface area contributed by atoms with E-state index in [4.69, 9.17) is 4.74 Å². The molecule has 5 heteroatoms. The highest BCUT2D eigenvalue weighted by molar-refractivity contribution is 7.80. The summed E-state index contributed by atoms with van der Waals surface area (Å²) in [5, 5.41) is 2.36. The lowest BCUT2D eigenvalue weighted by atomic mass is 10.1. The molecule has 0 fully saturated rings. The number of thiocarbonyl (C=S) groups is 2. The Labute approximate surface area is 87.4 Å². The second-order valence-electron chi connectivity index (χ2n) is 2.22. The molecule has 13 heavy (non-hydrogen) atoms. The Morgan fingerprint density at radius 2 is 1.92 bits per heavy atom. The number of ketones is 2. The number of ether oxygens (including phenoxy) is 1. The van der Waals surface area contributed by atoms with Gasteiger partial charge in [-0.3, -0.25) is 9.59 Å². The molecule has 0 atom stereocenters. The van der Waals surface area contributed by atoms with Gasteiger partial charge in [-0.15, -0.1) is 0 Å². The summed E-state index contributed by atoms with van der Waals surface area (Å²) in [5.41, 5.74) is 0. The summed E-state index contributed by atoms with van der Waals surface area (Å²) in [6, 6.07) is 0. The van der Waals surface area contributed by atoms with Crippen molar-refractivity contribution in [2.45, 2.75) is 6.92 Å². The lowest BCUT2D eigenvalue weighted by Crippen LogP contribution is -2.28. The molecule has 0 heterocycles. The van der Waals surface area contributed by atoms with E-state index < -0.39 is 17.5 Å². The van der Waals surface area contributed by atoms with E-state index in [0.29, 0.717) is 6.61 Å². The van der Waals surface area contributed by atoms with Gasteiger partial charge in [-0.2, -0.15) is 0 Å². The van der Waals surface area contributed by atoms with Crippen molar-refractivity contribution in [1.29, 1.82) is 0 Å². The molecule has 0 saturated heterocycles. The second kappa shape index (κ2) is 6.94. The van der Waals surface area contributed by atoms with Crippen LogP contribution in [-0.4, -0.2) is 35.5 Å². The van der Waals surface area contributed by atoms with Crippen molar-refractivity contribution in [2.24, 2.45) is 5.92 Å². The molecular formula is C8H10O3S2. The van der Waals surface area contributed by atoms with Crippen LogP contribution in [0.15, 0.2) is 0 Å². The van der Waals surface area contributed by atoms with Crippen LogP contribution in [0.2, 0.25) is 0 Å². The van der Waals surface area contributed by atoms with Crippen LogP contribution < -0.4 is 0 Å². The van der Waals surface area contributed by atoms with Crippen LogP contribution in [0.5, 0.6) is 0 Å². The molecule has 0 aromatic carbocycles. The summed E-state index contributed by atoms with van der Waals surface area (Å²) in [5.74, 6) is -1.93. The average molecular weight is 218 g/mol. The minimum absolute atomic E-state index is 0.196. The van der Waals surface area contributed by atoms with Crippen LogP contribution in [0.1, 0.15) is 6.92 Å². The van der Waals surface area contributed by atoms with E-state index in [2.05, 4.69) is 24.4 Å². The van der Waals surface area contributed by atoms with Gasteiger partial charge < -0.3 is 4.74 Å². The van der Waals surface area contributed by atoms with Crippen LogP contribution in [0.25, 0.3) is 0 Å². The first kappa shape index (κ1) is 12.5. The maximum atomic E-state index is 11.2. The number of rotatable bonds is 7. The Hall–Kier alpha value is -0.520. The third-order valence-electron chi connectivity index (χ3n) is 1.31. The first-order valence-electron chi connectivity index (χ1n) is 3.72. The van der Waals surface area contributed by atoms with Gasteiger partial charge in [-0.1, -0.05) is 24.4 Å². The topological polar surface area (TPSA) is 43.4 Å². The molecule has 0 amide bonds. The molecule has 0 rings (SSSR count). The molecule has 0 saturated carbocycles. The quantitative estimate of drug-likeness (QED) is 0.466. The molecule has 0 aliphatic rings. The lowest BCUT2D eigenvalue weighted by Gasteiger charge is -2.02. The maximum Gasteiger partial charge on any atom is 0.224 e. The molecule has 0 aliphatic heterocycles. The minimum atomic E-state index is -0.738. The summed E-state index contributed by atoms with van der Waals surface area (Å²) in [6.07, 6.45) is 0. The Bertz CT molecular complexity index is 217. The van der Waals surface area contributed by atoms with Gasteiger partial charge in [-0.05, 0) is 17.7 Å². The standard InChI is InChI=1S/C8H10O3S2/c1-2-11-3-7(9)8(10)6(4-12)5-13/h4-6H,2-3H2,1H3. The Kier molecular flexibility index (Phi) is 6.66. The Morgan fingerprint density at radius 3 is 2.31 bits per heavy atom. The molecular weight excluding hydrogens is 208 g/mol. The van der Waals surface area contributed by atoms with Crippen molar-refractivity contribution in [3.8, 4) is 0 Å². The summed E-state index contributed by atoms with van der Waals surface area (Å²) in [4.78, 5) is 22.2. The lowest BCUT2D eigenvalue weighted by molar-refractivity contribution is -0.139. The van der Waals surface area contributed by atoms with E-state index in [9.17, 15) is 9.59 Å². The highest BCUT2D eigenvalue weighted by atomic mass is 32.1. The minimum Gasteiger partial charge on any atom is -0.373 e. The van der Waals surface area contributed by atoms with Crippen molar-refractivity contribution in [3.05, 3.63) is 0 Å². The first-order valence-corrected chi connectivity index (χ1v) is 4.67. The second-order valence-corrected chi connectivity index (χ2v) is 2.77. The zero-order valence-corrected chi connectivity index (χ0v) is 8.82. The fraction of sp³-hybridized carbons (Fsp3) is 0.500. The van der Waals surface area contributed by atoms with E-state index in [-0.39, 0.29) is 6.61 Å². The van der Waals surface area contributed by atoms with E-state index in [1.807, 2.05) is 0 Å². The maximum absolute atomic E-state index is 11.2. The molecule has 0 aromatic heterocycles. The van der Waals surface area contributed by atoms with Crippen LogP contribution in [0, 0.1) is 5.92 Å². The zero-order valence-electron chi connectivity index (χ0n) is 7.19. The fourth-order valence-electron chi connectivity index (χ4n) is 0.607. The SMILES string of the molecule is CCOCC(=O)C(=O)C(C=S)C=S. The van der Waals surface area contributed by atoms with Crippen molar-refractivity contribution in [1.82, 2.24) is 0 Å².